The van der Waals surface area contributed by atoms with Gasteiger partial charge in [0, 0.05) is 59.5 Å². The number of hydrogen-bond donors (Lipinski definition) is 5. The fourth-order valence-corrected chi connectivity index (χ4v) is 5.56. The Morgan fingerprint density at radius 1 is 1.18 bits per heavy atom. The van der Waals surface area contributed by atoms with E-state index in [2.05, 4.69) is 32.2 Å². The number of aliphatic hydroxyl groups excluding tert-OH is 1. The van der Waals surface area contributed by atoms with Crippen molar-refractivity contribution in [2.24, 2.45) is 5.92 Å². The minimum atomic E-state index is -0.835. The largest absolute Gasteiger partial charge is 0.384 e. The molecule has 1 saturated heterocycles. The van der Waals surface area contributed by atoms with Gasteiger partial charge in [0.2, 0.25) is 5.91 Å². The van der Waals surface area contributed by atoms with Crippen LogP contribution >= 0.6 is 11.8 Å². The molecule has 1 aliphatic heterocycles. The minimum absolute atomic E-state index is 0. The van der Waals surface area contributed by atoms with E-state index in [4.69, 9.17) is 0 Å². The van der Waals surface area contributed by atoms with Crippen LogP contribution in [0.15, 0.2) is 24.3 Å². The van der Waals surface area contributed by atoms with Crippen molar-refractivity contribution in [3.05, 3.63) is 29.8 Å². The molecule has 0 aliphatic carbocycles. The molecule has 1 fully saturated rings. The second-order valence-electron chi connectivity index (χ2n) is 10.8. The maximum Gasteiger partial charge on any atom is 0.251 e. The Morgan fingerprint density at radius 3 is 2.40 bits per heavy atom. The highest BCUT2D eigenvalue weighted by Gasteiger charge is 2.26. The molecule has 1 aromatic rings. The van der Waals surface area contributed by atoms with Crippen LogP contribution in [0.2, 0.25) is 0 Å². The smallest absolute Gasteiger partial charge is 0.251 e. The molecule has 2 rings (SSSR count). The summed E-state index contributed by atoms with van der Waals surface area (Å²) in [4.78, 5) is 29.5. The molecule has 1 aliphatic rings. The first-order chi connectivity index (χ1) is 18.6. The van der Waals surface area contributed by atoms with E-state index >= 15 is 0 Å². The number of likely N-dealkylation sites (tertiary alicyclic amines) is 1. The maximum absolute atomic E-state index is 12.6. The van der Waals surface area contributed by atoms with E-state index in [1.165, 1.54) is 24.6 Å². The Kier molecular flexibility index (Phi) is 16.8. The summed E-state index contributed by atoms with van der Waals surface area (Å²) in [5.74, 6) is -0.953. The molecule has 0 spiro atoms. The number of hydrogen-bond acceptors (Lipinski definition) is 9. The van der Waals surface area contributed by atoms with Crippen molar-refractivity contribution < 1.29 is 19.0 Å². The Balaban J connectivity index is -0.00000400. The van der Waals surface area contributed by atoms with Crippen LogP contribution in [0.25, 0.3) is 0 Å². The van der Waals surface area contributed by atoms with Crippen molar-refractivity contribution in [3.63, 3.8) is 0 Å². The molecule has 232 valence electrons. The predicted molar refractivity (Wildman–Crippen MR) is 172 cm³/mol. The van der Waals surface area contributed by atoms with Gasteiger partial charge in [0.25, 0.3) is 5.91 Å². The number of nitriles is 1. The fraction of sp³-hybridized carbons (Fsp3) is 0.690. The van der Waals surface area contributed by atoms with Crippen LogP contribution in [-0.2, 0) is 4.79 Å². The fourth-order valence-electron chi connectivity index (χ4n) is 4.43. The zero-order valence-electron chi connectivity index (χ0n) is 24.1. The van der Waals surface area contributed by atoms with E-state index in [0.29, 0.717) is 25.2 Å². The standard InChI is InChI=1S/C28H47N7O3S.CH4.3H2/c1-20(2)32-28(38)25(39-19-23(16-29)27(37)33-21(3)18-34(4)5)17-31-24-10-8-22(9-11-24)26(36)30-12-15-35-13-6-7-14-35;;;;/h8-11,20-21,23,25,28,31-32,38H,6-7,12-15,17-19H2,1-5H3,(H,30,36)(H,33,37);1H4;3*1H. The van der Waals surface area contributed by atoms with Crippen LogP contribution in [0.5, 0.6) is 0 Å². The Hall–Kier alpha value is -2.36. The van der Waals surface area contributed by atoms with E-state index in [-0.39, 0.29) is 46.6 Å². The number of amides is 2. The lowest BCUT2D eigenvalue weighted by molar-refractivity contribution is -0.123. The lowest BCUT2D eigenvalue weighted by Crippen LogP contribution is -2.46. The average molecular weight is 584 g/mol. The number of likely N-dealkylation sites (N-methyl/N-ethyl adjacent to an activating group) is 1. The molecule has 1 aromatic carbocycles. The molecule has 1 heterocycles. The number of rotatable bonds is 17. The zero-order valence-corrected chi connectivity index (χ0v) is 24.9. The van der Waals surface area contributed by atoms with Crippen LogP contribution in [0, 0.1) is 17.2 Å². The van der Waals surface area contributed by atoms with Gasteiger partial charge in [-0.15, -0.1) is 0 Å². The highest BCUT2D eigenvalue weighted by Crippen LogP contribution is 2.20. The summed E-state index contributed by atoms with van der Waals surface area (Å²) < 4.78 is 0. The number of carbonyl (C=O) groups is 2. The highest BCUT2D eigenvalue weighted by molar-refractivity contribution is 8.00. The van der Waals surface area contributed by atoms with Crippen LogP contribution < -0.4 is 21.3 Å². The van der Waals surface area contributed by atoms with Gasteiger partial charge in [-0.1, -0.05) is 7.43 Å². The molecular weight excluding hydrogens is 526 g/mol. The predicted octanol–water partition coefficient (Wildman–Crippen LogP) is 2.92. The third kappa shape index (κ3) is 13.3. The van der Waals surface area contributed by atoms with Crippen molar-refractivity contribution >= 4 is 29.3 Å². The molecule has 4 atom stereocenters. The van der Waals surface area contributed by atoms with E-state index in [0.717, 1.165) is 25.3 Å². The summed E-state index contributed by atoms with van der Waals surface area (Å²) in [7, 11) is 3.86. The molecule has 40 heavy (non-hydrogen) atoms. The third-order valence-corrected chi connectivity index (χ3v) is 7.78. The van der Waals surface area contributed by atoms with Crippen molar-refractivity contribution in [1.29, 1.82) is 5.26 Å². The number of thioether (sulfide) groups is 1. The third-order valence-electron chi connectivity index (χ3n) is 6.40. The second kappa shape index (κ2) is 18.9. The summed E-state index contributed by atoms with van der Waals surface area (Å²) in [6.45, 7) is 10.6. The number of anilines is 1. The van der Waals surface area contributed by atoms with Gasteiger partial charge in [0.15, 0.2) is 0 Å². The molecule has 11 heteroatoms. The first-order valence-electron chi connectivity index (χ1n) is 13.8. The topological polar surface area (TPSA) is 133 Å². The monoisotopic (exact) mass is 583 g/mol. The van der Waals surface area contributed by atoms with E-state index in [1.807, 2.05) is 51.9 Å². The molecule has 0 aromatic heterocycles. The van der Waals surface area contributed by atoms with Gasteiger partial charge in [-0.2, -0.15) is 17.0 Å². The van der Waals surface area contributed by atoms with E-state index in [1.54, 1.807) is 12.1 Å². The Morgan fingerprint density at radius 2 is 1.82 bits per heavy atom. The molecule has 0 radical (unpaired) electrons. The van der Waals surface area contributed by atoms with E-state index < -0.39 is 12.1 Å². The Labute approximate surface area is 250 Å². The van der Waals surface area contributed by atoms with Gasteiger partial charge < -0.3 is 30.9 Å². The number of carbonyl (C=O) groups excluding carboxylic acids is 2. The number of nitrogens with one attached hydrogen (secondary N) is 4. The number of aliphatic hydroxyl groups is 1. The normalized spacial score (nSPS) is 16.5. The van der Waals surface area contributed by atoms with Gasteiger partial charge in [-0.25, -0.2) is 0 Å². The lowest BCUT2D eigenvalue weighted by Gasteiger charge is -2.27. The number of benzene rings is 1. The minimum Gasteiger partial charge on any atom is -0.384 e. The molecule has 5 N–H and O–H groups in total. The average Bonchev–Trinajstić information content (AvgIpc) is 3.39. The Bertz CT molecular complexity index is 933. The van der Waals surface area contributed by atoms with Crippen LogP contribution in [0.1, 0.15) is 55.7 Å². The first-order valence-corrected chi connectivity index (χ1v) is 14.9. The van der Waals surface area contributed by atoms with Crippen LogP contribution in [0.3, 0.4) is 0 Å². The van der Waals surface area contributed by atoms with Gasteiger partial charge >= 0.3 is 0 Å². The second-order valence-corrected chi connectivity index (χ2v) is 12.0. The molecule has 0 saturated carbocycles. The van der Waals surface area contributed by atoms with Gasteiger partial charge in [-0.3, -0.25) is 14.9 Å². The van der Waals surface area contributed by atoms with Crippen LogP contribution in [-0.4, -0.2) is 109 Å². The van der Waals surface area contributed by atoms with Crippen molar-refractivity contribution in [2.45, 2.75) is 64.6 Å². The van der Waals surface area contributed by atoms with Gasteiger partial charge in [0.05, 0.1) is 11.3 Å². The number of nitrogens with zero attached hydrogens (tertiary/aromatic N) is 3. The van der Waals surface area contributed by atoms with Crippen molar-refractivity contribution in [3.8, 4) is 6.07 Å². The van der Waals surface area contributed by atoms with Crippen molar-refractivity contribution in [2.75, 3.05) is 64.4 Å². The van der Waals surface area contributed by atoms with Gasteiger partial charge in [0.1, 0.15) is 12.1 Å². The first kappa shape index (κ1) is 35.7. The maximum atomic E-state index is 12.6. The van der Waals surface area contributed by atoms with Crippen LogP contribution in [0.4, 0.5) is 5.69 Å². The molecular formula is C29H57N7O3S. The lowest BCUT2D eigenvalue weighted by atomic mass is 10.2. The summed E-state index contributed by atoms with van der Waals surface area (Å²) in [5, 5.41) is 32.4. The summed E-state index contributed by atoms with van der Waals surface area (Å²) in [5.41, 5.74) is 1.42. The SMILES string of the molecule is C.CC(C)NC(O)C(CNc1ccc(C(=O)NCCN2CCCC2)cc1)SCC(C#N)C(=O)NC(C)CN(C)C.[HH].[HH].[HH]. The molecule has 10 nitrogen and oxygen atoms in total. The zero-order chi connectivity index (χ0) is 28.8. The summed E-state index contributed by atoms with van der Waals surface area (Å²) in [6.07, 6.45) is 1.63. The van der Waals surface area contributed by atoms with Crippen molar-refractivity contribution in [1.82, 2.24) is 25.8 Å². The van der Waals surface area contributed by atoms with Gasteiger partial charge in [-0.05, 0) is 85.1 Å². The van der Waals surface area contributed by atoms with E-state index in [9.17, 15) is 20.0 Å². The molecule has 2 amide bonds. The highest BCUT2D eigenvalue weighted by atomic mass is 32.2. The summed E-state index contributed by atoms with van der Waals surface area (Å²) in [6, 6.07) is 9.35. The molecule has 4 unspecified atom stereocenters. The quantitative estimate of drug-likeness (QED) is 0.176. The molecule has 0 bridgehead atoms. The summed E-state index contributed by atoms with van der Waals surface area (Å²) >= 11 is 1.38.